The Morgan fingerprint density at radius 3 is 2.28 bits per heavy atom. The third kappa shape index (κ3) is 5.25. The van der Waals surface area contributed by atoms with E-state index >= 15 is 0 Å². The Labute approximate surface area is 113 Å². The van der Waals surface area contributed by atoms with E-state index in [1.807, 2.05) is 0 Å². The summed E-state index contributed by atoms with van der Waals surface area (Å²) >= 11 is 0. The zero-order valence-corrected chi connectivity index (χ0v) is 12.9. The average Bonchev–Trinajstić information content (AvgIpc) is 2.27. The maximum Gasteiger partial charge on any atom is 0.0611 e. The molecule has 0 aromatic carbocycles. The zero-order chi connectivity index (χ0) is 13.8. The Morgan fingerprint density at radius 2 is 1.83 bits per heavy atom. The molecule has 0 aromatic rings. The first kappa shape index (κ1) is 15.9. The van der Waals surface area contributed by atoms with Crippen LogP contribution in [0.15, 0.2) is 0 Å². The lowest BCUT2D eigenvalue weighted by Gasteiger charge is -2.39. The summed E-state index contributed by atoms with van der Waals surface area (Å²) in [5.74, 6) is 0. The van der Waals surface area contributed by atoms with Crippen molar-refractivity contribution < 1.29 is 5.11 Å². The van der Waals surface area contributed by atoms with E-state index in [1.54, 1.807) is 0 Å². The molecule has 0 spiro atoms. The standard InChI is InChI=1S/C15H32N2O/c1-13(2)16-15(5,12-18)8-11-17-9-6-14(3,4)7-10-17/h13,16,18H,6-12H2,1-5H3. The summed E-state index contributed by atoms with van der Waals surface area (Å²) in [6.07, 6.45) is 3.60. The zero-order valence-electron chi connectivity index (χ0n) is 12.9. The van der Waals surface area contributed by atoms with E-state index in [0.717, 1.165) is 13.0 Å². The largest absolute Gasteiger partial charge is 0.394 e. The third-order valence-corrected chi connectivity index (χ3v) is 4.18. The lowest BCUT2D eigenvalue weighted by molar-refractivity contribution is 0.102. The van der Waals surface area contributed by atoms with Crippen LogP contribution in [0.25, 0.3) is 0 Å². The van der Waals surface area contributed by atoms with Crippen LogP contribution in [0.4, 0.5) is 0 Å². The van der Waals surface area contributed by atoms with Crippen molar-refractivity contribution in [2.45, 2.75) is 65.5 Å². The van der Waals surface area contributed by atoms with Gasteiger partial charge in [0, 0.05) is 11.6 Å². The summed E-state index contributed by atoms with van der Waals surface area (Å²) in [4.78, 5) is 2.54. The first-order valence-electron chi connectivity index (χ1n) is 7.37. The van der Waals surface area contributed by atoms with Crippen molar-refractivity contribution in [3.05, 3.63) is 0 Å². The highest BCUT2D eigenvalue weighted by molar-refractivity contribution is 4.86. The first-order chi connectivity index (χ1) is 8.26. The topological polar surface area (TPSA) is 35.5 Å². The van der Waals surface area contributed by atoms with Crippen molar-refractivity contribution >= 4 is 0 Å². The van der Waals surface area contributed by atoms with Gasteiger partial charge in [0.1, 0.15) is 0 Å². The molecule has 1 rings (SSSR count). The van der Waals surface area contributed by atoms with E-state index in [4.69, 9.17) is 0 Å². The van der Waals surface area contributed by atoms with Crippen molar-refractivity contribution in [3.8, 4) is 0 Å². The molecule has 0 aromatic heterocycles. The van der Waals surface area contributed by atoms with Gasteiger partial charge in [-0.25, -0.2) is 0 Å². The van der Waals surface area contributed by atoms with Crippen molar-refractivity contribution in [1.82, 2.24) is 10.2 Å². The van der Waals surface area contributed by atoms with E-state index in [0.29, 0.717) is 11.5 Å². The van der Waals surface area contributed by atoms with E-state index in [9.17, 15) is 5.11 Å². The van der Waals surface area contributed by atoms with Gasteiger partial charge in [-0.3, -0.25) is 0 Å². The van der Waals surface area contributed by atoms with Crippen LogP contribution < -0.4 is 5.32 Å². The van der Waals surface area contributed by atoms with Gasteiger partial charge in [0.05, 0.1) is 6.61 Å². The van der Waals surface area contributed by atoms with Gasteiger partial charge in [-0.1, -0.05) is 27.7 Å². The SMILES string of the molecule is CC(C)NC(C)(CO)CCN1CCC(C)(C)CC1. The lowest BCUT2D eigenvalue weighted by atomic mass is 9.82. The second-order valence-electron chi connectivity index (χ2n) is 7.27. The van der Waals surface area contributed by atoms with Crippen molar-refractivity contribution in [2.75, 3.05) is 26.2 Å². The summed E-state index contributed by atoms with van der Waals surface area (Å²) in [6, 6.07) is 0.419. The molecule has 1 unspecified atom stereocenters. The normalized spacial score (nSPS) is 24.2. The maximum atomic E-state index is 9.57. The fourth-order valence-electron chi connectivity index (χ4n) is 2.68. The molecule has 108 valence electrons. The van der Waals surface area contributed by atoms with Crippen LogP contribution in [0.3, 0.4) is 0 Å². The van der Waals surface area contributed by atoms with Gasteiger partial charge < -0.3 is 15.3 Å². The monoisotopic (exact) mass is 256 g/mol. The first-order valence-corrected chi connectivity index (χ1v) is 7.37. The number of aliphatic hydroxyl groups excluding tert-OH is 1. The van der Waals surface area contributed by atoms with Crippen LogP contribution >= 0.6 is 0 Å². The molecule has 1 aliphatic heterocycles. The van der Waals surface area contributed by atoms with Crippen LogP contribution in [0.5, 0.6) is 0 Å². The Kier molecular flexibility index (Phi) is 5.63. The molecule has 1 saturated heterocycles. The highest BCUT2D eigenvalue weighted by Crippen LogP contribution is 2.29. The van der Waals surface area contributed by atoms with Gasteiger partial charge in [-0.2, -0.15) is 0 Å². The van der Waals surface area contributed by atoms with Gasteiger partial charge in [-0.05, 0) is 51.2 Å². The molecule has 1 fully saturated rings. The van der Waals surface area contributed by atoms with Crippen LogP contribution in [-0.2, 0) is 0 Å². The van der Waals surface area contributed by atoms with Crippen molar-refractivity contribution in [1.29, 1.82) is 0 Å². The fourth-order valence-corrected chi connectivity index (χ4v) is 2.68. The quantitative estimate of drug-likeness (QED) is 0.765. The molecule has 1 aliphatic rings. The van der Waals surface area contributed by atoms with Crippen molar-refractivity contribution in [2.24, 2.45) is 5.41 Å². The smallest absolute Gasteiger partial charge is 0.0611 e. The number of hydrogen-bond acceptors (Lipinski definition) is 3. The van der Waals surface area contributed by atoms with Gasteiger partial charge in [0.2, 0.25) is 0 Å². The van der Waals surface area contributed by atoms with Crippen LogP contribution in [-0.4, -0.2) is 47.8 Å². The molecule has 0 amide bonds. The van der Waals surface area contributed by atoms with Crippen molar-refractivity contribution in [3.63, 3.8) is 0 Å². The molecular weight excluding hydrogens is 224 g/mol. The van der Waals surface area contributed by atoms with Crippen LogP contribution in [0.2, 0.25) is 0 Å². The Bertz CT molecular complexity index is 243. The molecule has 0 bridgehead atoms. The minimum absolute atomic E-state index is 0.138. The van der Waals surface area contributed by atoms with Gasteiger partial charge in [-0.15, -0.1) is 0 Å². The highest BCUT2D eigenvalue weighted by Gasteiger charge is 2.28. The van der Waals surface area contributed by atoms with Gasteiger partial charge >= 0.3 is 0 Å². The summed E-state index contributed by atoms with van der Waals surface area (Å²) in [5.41, 5.74) is 0.383. The predicted octanol–water partition coefficient (Wildman–Crippen LogP) is 2.25. The minimum atomic E-state index is -0.138. The number of rotatable bonds is 6. The number of hydrogen-bond donors (Lipinski definition) is 2. The number of nitrogens with zero attached hydrogens (tertiary/aromatic N) is 1. The molecule has 3 nitrogen and oxygen atoms in total. The maximum absolute atomic E-state index is 9.57. The molecule has 0 saturated carbocycles. The fraction of sp³-hybridized carbons (Fsp3) is 1.00. The van der Waals surface area contributed by atoms with E-state index in [1.165, 1.54) is 25.9 Å². The highest BCUT2D eigenvalue weighted by atomic mass is 16.3. The number of nitrogens with one attached hydrogen (secondary N) is 1. The van der Waals surface area contributed by atoms with E-state index in [2.05, 4.69) is 44.8 Å². The molecule has 3 heteroatoms. The third-order valence-electron chi connectivity index (χ3n) is 4.18. The summed E-state index contributed by atoms with van der Waals surface area (Å²) in [5, 5.41) is 13.1. The molecule has 1 heterocycles. The summed E-state index contributed by atoms with van der Waals surface area (Å²) in [7, 11) is 0. The minimum Gasteiger partial charge on any atom is -0.394 e. The summed E-state index contributed by atoms with van der Waals surface area (Å²) in [6.45, 7) is 14.8. The van der Waals surface area contributed by atoms with Gasteiger partial charge in [0.15, 0.2) is 0 Å². The Balaban J connectivity index is 2.35. The summed E-state index contributed by atoms with van der Waals surface area (Å²) < 4.78 is 0. The van der Waals surface area contributed by atoms with Gasteiger partial charge in [0.25, 0.3) is 0 Å². The lowest BCUT2D eigenvalue weighted by Crippen LogP contribution is -2.51. The van der Waals surface area contributed by atoms with E-state index in [-0.39, 0.29) is 12.1 Å². The molecule has 0 radical (unpaired) electrons. The molecule has 2 N–H and O–H groups in total. The molecule has 1 atom stereocenters. The predicted molar refractivity (Wildman–Crippen MR) is 77.8 cm³/mol. The Morgan fingerprint density at radius 1 is 1.28 bits per heavy atom. The molecule has 18 heavy (non-hydrogen) atoms. The van der Waals surface area contributed by atoms with E-state index < -0.39 is 0 Å². The number of likely N-dealkylation sites (tertiary alicyclic amines) is 1. The van der Waals surface area contributed by atoms with Crippen LogP contribution in [0.1, 0.15) is 53.9 Å². The molecule has 0 aliphatic carbocycles. The second-order valence-corrected chi connectivity index (χ2v) is 7.27. The number of aliphatic hydroxyl groups is 1. The molecular formula is C15H32N2O. The number of piperidine rings is 1. The average molecular weight is 256 g/mol. The Hall–Kier alpha value is -0.120. The van der Waals surface area contributed by atoms with Crippen LogP contribution in [0, 0.1) is 5.41 Å². The second kappa shape index (κ2) is 6.36.